The van der Waals surface area contributed by atoms with Gasteiger partial charge in [0.05, 0.1) is 18.0 Å². The van der Waals surface area contributed by atoms with Crippen molar-refractivity contribution in [1.29, 1.82) is 0 Å². The monoisotopic (exact) mass is 653 g/mol. The van der Waals surface area contributed by atoms with Gasteiger partial charge in [0.2, 0.25) is 15.9 Å². The van der Waals surface area contributed by atoms with Crippen LogP contribution in [-0.2, 0) is 21.4 Å². The summed E-state index contributed by atoms with van der Waals surface area (Å²) in [5.74, 6) is 1.22. The molecule has 0 bridgehead atoms. The molecule has 1 N–H and O–H groups in total. The second kappa shape index (κ2) is 12.5. The fraction of sp³-hybridized carbons (Fsp3) is 0.441. The number of ether oxygens (including phenoxy) is 2. The number of carbonyl (C=O) groups excluding carboxylic acids is 1. The van der Waals surface area contributed by atoms with Gasteiger partial charge in [0, 0.05) is 42.3 Å². The molecule has 1 unspecified atom stereocenters. The van der Waals surface area contributed by atoms with E-state index in [2.05, 4.69) is 4.90 Å². The van der Waals surface area contributed by atoms with Gasteiger partial charge < -0.3 is 24.4 Å². The van der Waals surface area contributed by atoms with Crippen LogP contribution in [-0.4, -0.2) is 66.7 Å². The molecular formula is C34H40ClN3O6S. The average Bonchev–Trinajstić information content (AvgIpc) is 3.39. The van der Waals surface area contributed by atoms with Crippen LogP contribution in [0.3, 0.4) is 0 Å². The lowest BCUT2D eigenvalue weighted by atomic mass is 9.84. The molecule has 3 heterocycles. The largest absolute Gasteiger partial charge is 0.497 e. The van der Waals surface area contributed by atoms with Gasteiger partial charge in [-0.2, -0.15) is 4.31 Å². The topological polar surface area (TPSA) is 99.6 Å². The summed E-state index contributed by atoms with van der Waals surface area (Å²) in [5, 5.41) is 12.6. The first kappa shape index (κ1) is 31.7. The van der Waals surface area contributed by atoms with E-state index >= 15 is 0 Å². The number of aliphatic hydroxyl groups excluding tert-OH is 1. The van der Waals surface area contributed by atoms with Gasteiger partial charge in [-0.05, 0) is 93.3 Å². The van der Waals surface area contributed by atoms with Gasteiger partial charge in [0.25, 0.3) is 0 Å². The van der Waals surface area contributed by atoms with Gasteiger partial charge in [0.1, 0.15) is 29.4 Å². The molecule has 0 aromatic heterocycles. The molecule has 3 aromatic carbocycles. The van der Waals surface area contributed by atoms with Crippen molar-refractivity contribution < 1.29 is 27.8 Å². The van der Waals surface area contributed by atoms with Crippen LogP contribution in [0.1, 0.15) is 63.1 Å². The van der Waals surface area contributed by atoms with Crippen LogP contribution >= 0.6 is 11.6 Å². The lowest BCUT2D eigenvalue weighted by molar-refractivity contribution is -0.130. The molecule has 0 radical (unpaired) electrons. The molecule has 9 nitrogen and oxygen atoms in total. The van der Waals surface area contributed by atoms with Crippen molar-refractivity contribution in [2.75, 3.05) is 25.1 Å². The van der Waals surface area contributed by atoms with Crippen LogP contribution in [0.25, 0.3) is 0 Å². The lowest BCUT2D eigenvalue weighted by Gasteiger charge is -2.50. The number of fused-ring (bicyclic) bond motifs is 1. The molecule has 2 saturated heterocycles. The molecular weight excluding hydrogens is 614 g/mol. The summed E-state index contributed by atoms with van der Waals surface area (Å²) in [7, 11) is -2.15. The number of anilines is 1. The summed E-state index contributed by atoms with van der Waals surface area (Å²) in [6.07, 6.45) is 2.00. The van der Waals surface area contributed by atoms with Crippen LogP contribution in [0.4, 0.5) is 5.69 Å². The van der Waals surface area contributed by atoms with Crippen molar-refractivity contribution in [2.45, 2.75) is 81.3 Å². The van der Waals surface area contributed by atoms with Gasteiger partial charge in [0.15, 0.2) is 0 Å². The van der Waals surface area contributed by atoms with Gasteiger partial charge in [-0.15, -0.1) is 0 Å². The molecule has 3 aliphatic heterocycles. The van der Waals surface area contributed by atoms with Gasteiger partial charge in [-0.1, -0.05) is 30.2 Å². The minimum Gasteiger partial charge on any atom is -0.497 e. The third-order valence-electron chi connectivity index (χ3n) is 9.19. The van der Waals surface area contributed by atoms with Crippen LogP contribution in [0.5, 0.6) is 11.5 Å². The normalized spacial score (nSPS) is 23.4. The van der Waals surface area contributed by atoms with Crippen molar-refractivity contribution in [3.8, 4) is 11.5 Å². The molecule has 0 saturated carbocycles. The van der Waals surface area contributed by atoms with Crippen LogP contribution < -0.4 is 14.4 Å². The van der Waals surface area contributed by atoms with Crippen molar-refractivity contribution in [2.24, 2.45) is 0 Å². The molecule has 1 amide bonds. The lowest BCUT2D eigenvalue weighted by Crippen LogP contribution is -2.58. The zero-order valence-electron chi connectivity index (χ0n) is 25.9. The molecule has 3 aliphatic rings. The zero-order valence-corrected chi connectivity index (χ0v) is 27.4. The smallest absolute Gasteiger partial charge is 0.243 e. The van der Waals surface area contributed by atoms with Crippen molar-refractivity contribution in [3.05, 3.63) is 82.9 Å². The van der Waals surface area contributed by atoms with Gasteiger partial charge in [-0.3, -0.25) is 4.79 Å². The quantitative estimate of drug-likeness (QED) is 0.330. The Morgan fingerprint density at radius 2 is 1.71 bits per heavy atom. The fourth-order valence-corrected chi connectivity index (χ4v) is 8.40. The number of sulfonamides is 1. The Hall–Kier alpha value is -3.31. The van der Waals surface area contributed by atoms with E-state index in [-0.39, 0.29) is 10.8 Å². The summed E-state index contributed by atoms with van der Waals surface area (Å²) in [6, 6.07) is 19.1. The number of carbonyl (C=O) groups is 1. The number of likely N-dealkylation sites (tertiary alicyclic amines) is 1. The van der Waals surface area contributed by atoms with E-state index in [1.54, 1.807) is 41.7 Å². The van der Waals surface area contributed by atoms with E-state index in [9.17, 15) is 18.3 Å². The first-order valence-electron chi connectivity index (χ1n) is 15.5. The Balaban J connectivity index is 1.47. The predicted octanol–water partition coefficient (Wildman–Crippen LogP) is 5.75. The summed E-state index contributed by atoms with van der Waals surface area (Å²) >= 11 is 6.31. The summed E-state index contributed by atoms with van der Waals surface area (Å²) in [4.78, 5) is 17.5. The zero-order chi connectivity index (χ0) is 31.9. The Morgan fingerprint density at radius 3 is 2.38 bits per heavy atom. The summed E-state index contributed by atoms with van der Waals surface area (Å²) in [5.41, 5.74) is 1.23. The second-order valence-corrected chi connectivity index (χ2v) is 14.9. The van der Waals surface area contributed by atoms with Crippen molar-refractivity contribution >= 4 is 33.2 Å². The second-order valence-electron chi connectivity index (χ2n) is 12.5. The molecule has 6 rings (SSSR count). The Morgan fingerprint density at radius 1 is 1.02 bits per heavy atom. The maximum absolute atomic E-state index is 13.8. The first-order chi connectivity index (χ1) is 21.5. The van der Waals surface area contributed by atoms with E-state index in [0.717, 1.165) is 36.3 Å². The predicted molar refractivity (Wildman–Crippen MR) is 173 cm³/mol. The third kappa shape index (κ3) is 6.13. The minimum atomic E-state index is -3.76. The molecule has 3 aromatic rings. The minimum absolute atomic E-state index is 0.00255. The Kier molecular flexibility index (Phi) is 8.78. The highest BCUT2D eigenvalue weighted by atomic mass is 35.5. The number of benzene rings is 3. The third-order valence-corrected chi connectivity index (χ3v) is 11.3. The molecule has 0 spiro atoms. The number of aliphatic hydroxyl groups is 1. The van der Waals surface area contributed by atoms with Crippen LogP contribution in [0.15, 0.2) is 71.6 Å². The molecule has 0 aliphatic carbocycles. The number of amides is 1. The van der Waals surface area contributed by atoms with Gasteiger partial charge >= 0.3 is 0 Å². The van der Waals surface area contributed by atoms with E-state index in [4.69, 9.17) is 21.1 Å². The highest BCUT2D eigenvalue weighted by molar-refractivity contribution is 7.89. The molecule has 45 heavy (non-hydrogen) atoms. The maximum atomic E-state index is 13.8. The highest BCUT2D eigenvalue weighted by Crippen LogP contribution is 2.48. The van der Waals surface area contributed by atoms with E-state index in [1.807, 2.05) is 55.1 Å². The number of halogens is 1. The fourth-order valence-electron chi connectivity index (χ4n) is 6.72. The van der Waals surface area contributed by atoms with E-state index in [1.165, 1.54) is 0 Å². The van der Waals surface area contributed by atoms with Crippen molar-refractivity contribution in [1.82, 2.24) is 9.21 Å². The average molecular weight is 654 g/mol. The first-order valence-corrected chi connectivity index (χ1v) is 17.3. The molecule has 3 atom stereocenters. The molecule has 240 valence electrons. The standard InChI is InChI=1S/C34H40ClN3O6S/c1-34(2)33(40)32(28-21-27(15-16-29(28)44-34)45(41,42)36-19-5-4-6-20-36)38(25-11-9-24(35)10-12-25)30-17-18-31(39)37(30)22-23-7-13-26(43-3)14-8-23/h7-16,21,30,32-33,40H,4-6,17-20,22H2,1-3H3/t30?,32-,33+/m0/s1. The SMILES string of the molecule is COc1ccc(CN2C(=O)CCC2N(c2ccc(Cl)cc2)[C@H]2c3cc(S(=O)(=O)N4CCCCC4)ccc3OC(C)(C)[C@@H]2O)cc1. The van der Waals surface area contributed by atoms with Gasteiger partial charge in [-0.25, -0.2) is 8.42 Å². The molecule has 2 fully saturated rings. The number of rotatable bonds is 8. The summed E-state index contributed by atoms with van der Waals surface area (Å²) in [6.45, 7) is 4.96. The Bertz CT molecular complexity index is 1640. The highest BCUT2D eigenvalue weighted by Gasteiger charge is 2.50. The summed E-state index contributed by atoms with van der Waals surface area (Å²) < 4.78 is 40.8. The number of methoxy groups -OCH3 is 1. The van der Waals surface area contributed by atoms with E-state index in [0.29, 0.717) is 48.8 Å². The molecule has 11 heteroatoms. The maximum Gasteiger partial charge on any atom is 0.243 e. The number of nitrogens with zero attached hydrogens (tertiary/aromatic N) is 3. The van der Waals surface area contributed by atoms with Crippen LogP contribution in [0, 0.1) is 0 Å². The number of hydrogen-bond donors (Lipinski definition) is 1. The number of hydrogen-bond acceptors (Lipinski definition) is 7. The Labute approximate surface area is 270 Å². The van der Waals surface area contributed by atoms with E-state index < -0.39 is 33.9 Å². The van der Waals surface area contributed by atoms with Crippen molar-refractivity contribution in [3.63, 3.8) is 0 Å². The van der Waals surface area contributed by atoms with Crippen LogP contribution in [0.2, 0.25) is 5.02 Å². The number of piperidine rings is 1.